The van der Waals surface area contributed by atoms with Gasteiger partial charge in [0.05, 0.1) is 28.4 Å². The summed E-state index contributed by atoms with van der Waals surface area (Å²) in [6.45, 7) is 0. The van der Waals surface area contributed by atoms with Crippen LogP contribution in [0.25, 0.3) is 44.6 Å². The molecule has 2 aromatic heterocycles. The fourth-order valence-electron chi connectivity index (χ4n) is 3.71. The number of aromatic amines is 2. The fourth-order valence-corrected chi connectivity index (χ4v) is 3.97. The quantitative estimate of drug-likeness (QED) is 0.497. The van der Waals surface area contributed by atoms with Gasteiger partial charge in [-0.3, -0.25) is 0 Å². The van der Waals surface area contributed by atoms with Crippen molar-refractivity contribution in [2.45, 2.75) is 0 Å². The van der Waals surface area contributed by atoms with Crippen molar-refractivity contribution in [2.24, 2.45) is 0 Å². The number of methoxy groups -OCH3 is 1. The van der Waals surface area contributed by atoms with Crippen LogP contribution in [-0.4, -0.2) is 23.0 Å². The van der Waals surface area contributed by atoms with E-state index in [1.165, 1.54) is 7.11 Å². The summed E-state index contributed by atoms with van der Waals surface area (Å²) in [7, 11) is 1.39. The molecule has 27 heavy (non-hydrogen) atoms. The van der Waals surface area contributed by atoms with Crippen molar-refractivity contribution >= 4 is 62.1 Å². The molecule has 2 aromatic carbocycles. The van der Waals surface area contributed by atoms with Crippen LogP contribution < -0.4 is 21.1 Å². The number of fused-ring (bicyclic) bond motifs is 6. The van der Waals surface area contributed by atoms with Crippen LogP contribution in [0.2, 0.25) is 0 Å². The van der Waals surface area contributed by atoms with Gasteiger partial charge in [-0.25, -0.2) is 4.79 Å². The Morgan fingerprint density at radius 2 is 1.41 bits per heavy atom. The van der Waals surface area contributed by atoms with Crippen molar-refractivity contribution in [2.75, 3.05) is 7.11 Å². The summed E-state index contributed by atoms with van der Waals surface area (Å²) in [4.78, 5) is 19.4. The lowest BCUT2D eigenvalue weighted by molar-refractivity contribution is -0.133. The molecular weight excluding hydrogens is 360 g/mol. The SMILES string of the molecule is COC(=O)C1=c2\[nH]c3ccccc3\c2=C\C(Cl)=c2\[nH]c3ccccc3\c2=C\1. The van der Waals surface area contributed by atoms with Crippen molar-refractivity contribution < 1.29 is 9.53 Å². The highest BCUT2D eigenvalue weighted by molar-refractivity contribution is 6.51. The summed E-state index contributed by atoms with van der Waals surface area (Å²) in [5.74, 6) is -0.398. The maximum absolute atomic E-state index is 12.6. The van der Waals surface area contributed by atoms with Gasteiger partial charge in [0.25, 0.3) is 0 Å². The lowest BCUT2D eigenvalue weighted by Crippen LogP contribution is -2.34. The van der Waals surface area contributed by atoms with Gasteiger partial charge >= 0.3 is 5.97 Å². The minimum atomic E-state index is -0.398. The van der Waals surface area contributed by atoms with Gasteiger partial charge in [-0.2, -0.15) is 0 Å². The average molecular weight is 375 g/mol. The summed E-state index contributed by atoms with van der Waals surface area (Å²) in [5.41, 5.74) is 2.37. The van der Waals surface area contributed by atoms with Crippen LogP contribution >= 0.6 is 11.6 Å². The van der Waals surface area contributed by atoms with E-state index < -0.39 is 5.97 Å². The second-order valence-electron chi connectivity index (χ2n) is 6.46. The summed E-state index contributed by atoms with van der Waals surface area (Å²) in [6, 6.07) is 15.8. The molecule has 0 saturated heterocycles. The van der Waals surface area contributed by atoms with Gasteiger partial charge in [0.15, 0.2) is 0 Å². The molecule has 0 unspecified atom stereocenters. The third-order valence-corrected chi connectivity index (χ3v) is 5.26. The van der Waals surface area contributed by atoms with Gasteiger partial charge in [-0.05, 0) is 24.3 Å². The molecule has 5 rings (SSSR count). The highest BCUT2D eigenvalue weighted by atomic mass is 35.5. The molecule has 0 bridgehead atoms. The van der Waals surface area contributed by atoms with Crippen LogP contribution in [0.5, 0.6) is 0 Å². The zero-order valence-corrected chi connectivity index (χ0v) is 15.2. The maximum atomic E-state index is 12.6. The smallest absolute Gasteiger partial charge is 0.340 e. The van der Waals surface area contributed by atoms with Crippen molar-refractivity contribution in [3.63, 3.8) is 0 Å². The number of carbonyl (C=O) groups is 1. The molecule has 5 heteroatoms. The Balaban J connectivity index is 2.09. The third-order valence-electron chi connectivity index (χ3n) is 4.97. The first-order valence-electron chi connectivity index (χ1n) is 8.56. The van der Waals surface area contributed by atoms with E-state index in [-0.39, 0.29) is 0 Å². The highest BCUT2D eigenvalue weighted by Gasteiger charge is 2.15. The number of esters is 1. The number of aromatic nitrogens is 2. The molecule has 0 aliphatic heterocycles. The Kier molecular flexibility index (Phi) is 3.49. The Morgan fingerprint density at radius 1 is 0.852 bits per heavy atom. The van der Waals surface area contributed by atoms with E-state index >= 15 is 0 Å². The first-order chi connectivity index (χ1) is 13.2. The lowest BCUT2D eigenvalue weighted by Gasteiger charge is -2.01. The minimum absolute atomic E-state index is 0.398. The number of halogens is 1. The highest BCUT2D eigenvalue weighted by Crippen LogP contribution is 2.12. The standard InChI is InChI=1S/C22H15ClN2O2/c1-27-22(26)16-10-14-12-6-2-5-9-19(12)25-21(14)17(23)11-15-13-7-3-4-8-18(13)24-20(15)16/h2-11,24-25H,1H3/b14-10-,15-11-,16-10?,17-11?,20-16-,21-17-. The normalized spacial score (nSPS) is 19.9. The van der Waals surface area contributed by atoms with Gasteiger partial charge in [0.2, 0.25) is 0 Å². The van der Waals surface area contributed by atoms with Crippen LogP contribution in [0.15, 0.2) is 48.5 Å². The van der Waals surface area contributed by atoms with Crippen molar-refractivity contribution in [3.05, 3.63) is 69.7 Å². The molecule has 1 aliphatic carbocycles. The van der Waals surface area contributed by atoms with E-state index in [4.69, 9.17) is 16.3 Å². The molecule has 132 valence electrons. The van der Waals surface area contributed by atoms with Crippen molar-refractivity contribution in [1.29, 1.82) is 0 Å². The number of benzene rings is 2. The summed E-state index contributed by atoms with van der Waals surface area (Å²) in [6.07, 6.45) is 3.75. The number of para-hydroxylation sites is 2. The van der Waals surface area contributed by atoms with E-state index in [0.29, 0.717) is 16.0 Å². The second kappa shape index (κ2) is 5.89. The molecule has 0 amide bonds. The van der Waals surface area contributed by atoms with Crippen molar-refractivity contribution in [3.8, 4) is 0 Å². The third kappa shape index (κ3) is 2.34. The molecular formula is C22H15ClN2O2. The van der Waals surface area contributed by atoms with E-state index in [1.807, 2.05) is 60.7 Å². The second-order valence-corrected chi connectivity index (χ2v) is 6.87. The molecule has 1 aliphatic rings. The number of ether oxygens (including phenoxy) is 1. The largest absolute Gasteiger partial charge is 0.465 e. The van der Waals surface area contributed by atoms with Crippen molar-refractivity contribution in [1.82, 2.24) is 9.97 Å². The van der Waals surface area contributed by atoms with E-state index in [9.17, 15) is 4.79 Å². The van der Waals surface area contributed by atoms with Crippen LogP contribution in [0.1, 0.15) is 0 Å². The number of H-pyrrole nitrogens is 2. The molecule has 0 fully saturated rings. The van der Waals surface area contributed by atoms with E-state index in [0.717, 1.165) is 37.6 Å². The predicted octanol–water partition coefficient (Wildman–Crippen LogP) is 1.59. The molecule has 4 aromatic rings. The monoisotopic (exact) mass is 374 g/mol. The number of rotatable bonds is 1. The number of hydrogen-bond donors (Lipinski definition) is 2. The van der Waals surface area contributed by atoms with Crippen LogP contribution in [0, 0.1) is 0 Å². The van der Waals surface area contributed by atoms with Gasteiger partial charge in [-0.1, -0.05) is 48.0 Å². The Hall–Kier alpha value is -3.24. The number of nitrogens with one attached hydrogen (secondary N) is 2. The van der Waals surface area contributed by atoms with E-state index in [2.05, 4.69) is 9.97 Å². The molecule has 0 radical (unpaired) electrons. The zero-order valence-electron chi connectivity index (χ0n) is 14.5. The van der Waals surface area contributed by atoms with Crippen LogP contribution in [0.4, 0.5) is 0 Å². The topological polar surface area (TPSA) is 57.9 Å². The molecule has 0 spiro atoms. The van der Waals surface area contributed by atoms with Gasteiger partial charge < -0.3 is 14.7 Å². The Morgan fingerprint density at radius 3 is 2.04 bits per heavy atom. The Labute approximate surface area is 158 Å². The summed E-state index contributed by atoms with van der Waals surface area (Å²) in [5, 5.41) is 5.83. The first kappa shape index (κ1) is 16.0. The fraction of sp³-hybridized carbons (Fsp3) is 0.0455. The number of carbonyl (C=O) groups excluding carboxylic acids is 1. The Bertz CT molecular complexity index is 1490. The predicted molar refractivity (Wildman–Crippen MR) is 109 cm³/mol. The molecule has 0 saturated carbocycles. The maximum Gasteiger partial charge on any atom is 0.340 e. The lowest BCUT2D eigenvalue weighted by atomic mass is 10.1. The zero-order chi connectivity index (χ0) is 18.5. The average Bonchev–Trinajstić information content (AvgIpc) is 3.23. The molecule has 2 heterocycles. The van der Waals surface area contributed by atoms with Crippen LogP contribution in [-0.2, 0) is 9.53 Å². The van der Waals surface area contributed by atoms with Gasteiger partial charge in [-0.15, -0.1) is 0 Å². The van der Waals surface area contributed by atoms with Gasteiger partial charge in [0, 0.05) is 32.2 Å². The van der Waals surface area contributed by atoms with Crippen LogP contribution in [0.3, 0.4) is 0 Å². The summed E-state index contributed by atoms with van der Waals surface area (Å²) < 4.78 is 5.08. The molecule has 2 N–H and O–H groups in total. The summed E-state index contributed by atoms with van der Waals surface area (Å²) >= 11 is 6.71. The minimum Gasteiger partial charge on any atom is -0.465 e. The van der Waals surface area contributed by atoms with Gasteiger partial charge in [0.1, 0.15) is 0 Å². The van der Waals surface area contributed by atoms with E-state index in [1.54, 1.807) is 0 Å². The first-order valence-corrected chi connectivity index (χ1v) is 8.94. The number of hydrogen-bond acceptors (Lipinski definition) is 2. The molecule has 4 nitrogen and oxygen atoms in total. The molecule has 0 atom stereocenters.